The molecule has 0 radical (unpaired) electrons. The zero-order valence-electron chi connectivity index (χ0n) is 24.7. The average Bonchev–Trinajstić information content (AvgIpc) is 3.53. The van der Waals surface area contributed by atoms with Crippen LogP contribution in [0.25, 0.3) is 11.0 Å². The molecule has 42 heavy (non-hydrogen) atoms. The number of ether oxygens (including phenoxy) is 3. The zero-order chi connectivity index (χ0) is 29.5. The predicted octanol–water partition coefficient (Wildman–Crippen LogP) is 5.09. The molecule has 0 fully saturated rings. The molecule has 4 aromatic rings. The molecular formula is C33H36N4O5. The molecule has 0 bridgehead atoms. The van der Waals surface area contributed by atoms with Gasteiger partial charge in [-0.3, -0.25) is 14.5 Å². The van der Waals surface area contributed by atoms with Gasteiger partial charge < -0.3 is 14.2 Å². The van der Waals surface area contributed by atoms with E-state index in [-0.39, 0.29) is 31.0 Å². The van der Waals surface area contributed by atoms with E-state index in [0.717, 1.165) is 53.9 Å². The van der Waals surface area contributed by atoms with E-state index in [1.165, 1.54) is 22.3 Å². The van der Waals surface area contributed by atoms with Crippen molar-refractivity contribution in [2.75, 3.05) is 13.7 Å². The Labute approximate surface area is 245 Å². The van der Waals surface area contributed by atoms with Crippen LogP contribution in [-0.4, -0.2) is 52.1 Å². The Morgan fingerprint density at radius 2 is 2.00 bits per heavy atom. The topological polar surface area (TPSA) is 95.8 Å². The number of carbonyl (C=O) groups is 2. The second kappa shape index (κ2) is 11.2. The van der Waals surface area contributed by atoms with Gasteiger partial charge in [0, 0.05) is 37.7 Å². The van der Waals surface area contributed by atoms with Crippen molar-refractivity contribution >= 4 is 23.5 Å². The van der Waals surface area contributed by atoms with Crippen molar-refractivity contribution in [2.24, 2.45) is 7.05 Å². The van der Waals surface area contributed by atoms with E-state index in [0.29, 0.717) is 11.3 Å². The molecule has 3 atom stereocenters. The van der Waals surface area contributed by atoms with Crippen LogP contribution in [0.3, 0.4) is 0 Å². The van der Waals surface area contributed by atoms with Gasteiger partial charge >= 0.3 is 12.4 Å². The number of methoxy groups -OCH3 is 1. The third kappa shape index (κ3) is 5.02. The van der Waals surface area contributed by atoms with Crippen molar-refractivity contribution in [2.45, 2.75) is 64.6 Å². The Morgan fingerprint density at radius 3 is 2.79 bits per heavy atom. The molecule has 6 rings (SSSR count). The molecule has 1 aliphatic carbocycles. The third-order valence-electron chi connectivity index (χ3n) is 8.75. The van der Waals surface area contributed by atoms with E-state index in [1.54, 1.807) is 11.8 Å². The monoisotopic (exact) mass is 568 g/mol. The number of nitrogens with zero attached hydrogens (tertiary/aromatic N) is 4. The number of esters is 1. The van der Waals surface area contributed by atoms with Gasteiger partial charge in [0.05, 0.1) is 13.5 Å². The Morgan fingerprint density at radius 1 is 1.17 bits per heavy atom. The standard InChI is InChI=1S/C33H36N4O5/c1-19-6-11-29-24(12-19)17-37(16-20(2)42-29)28-10-9-22-7-8-23(13-27(22)28)26(15-31(39)41-18-38)25-14-30(40-5)33-32(21(25)3)34-35-36(33)4/h6-8,11-14,18,20,26,28H,9-10,15-17H2,1-5H3/t20-,26?,28?/m1/s1. The van der Waals surface area contributed by atoms with Crippen LogP contribution in [0.2, 0.25) is 0 Å². The summed E-state index contributed by atoms with van der Waals surface area (Å²) in [5, 5.41) is 8.60. The molecule has 3 aromatic carbocycles. The predicted molar refractivity (Wildman–Crippen MR) is 158 cm³/mol. The molecule has 0 amide bonds. The molecule has 0 N–H and O–H groups in total. The van der Waals surface area contributed by atoms with Crippen molar-refractivity contribution in [3.63, 3.8) is 0 Å². The van der Waals surface area contributed by atoms with Crippen molar-refractivity contribution in [3.05, 3.63) is 81.4 Å². The van der Waals surface area contributed by atoms with Crippen LogP contribution in [-0.2, 0) is 34.3 Å². The van der Waals surface area contributed by atoms with Gasteiger partial charge in [0.2, 0.25) is 0 Å². The first-order valence-electron chi connectivity index (χ1n) is 14.4. The van der Waals surface area contributed by atoms with Gasteiger partial charge in [0.1, 0.15) is 28.6 Å². The number of fused-ring (bicyclic) bond motifs is 3. The number of benzene rings is 3. The average molecular weight is 569 g/mol. The summed E-state index contributed by atoms with van der Waals surface area (Å²) < 4.78 is 18.5. The van der Waals surface area contributed by atoms with Crippen LogP contribution in [0.5, 0.6) is 11.5 Å². The minimum atomic E-state index is -0.588. The van der Waals surface area contributed by atoms with Crippen LogP contribution in [0.15, 0.2) is 42.5 Å². The van der Waals surface area contributed by atoms with Gasteiger partial charge in [0.15, 0.2) is 0 Å². The maximum atomic E-state index is 12.8. The summed E-state index contributed by atoms with van der Waals surface area (Å²) in [7, 11) is 3.44. The highest BCUT2D eigenvalue weighted by molar-refractivity contribution is 5.86. The van der Waals surface area contributed by atoms with E-state index in [9.17, 15) is 9.59 Å². The Kier molecular flexibility index (Phi) is 7.45. The van der Waals surface area contributed by atoms with E-state index >= 15 is 0 Å². The smallest absolute Gasteiger partial charge is 0.314 e. The van der Waals surface area contributed by atoms with Crippen LogP contribution >= 0.6 is 0 Å². The normalized spacial score (nSPS) is 19.0. The molecule has 218 valence electrons. The minimum Gasteiger partial charge on any atom is -0.494 e. The second-order valence-corrected chi connectivity index (χ2v) is 11.5. The van der Waals surface area contributed by atoms with Crippen LogP contribution in [0.4, 0.5) is 0 Å². The summed E-state index contributed by atoms with van der Waals surface area (Å²) in [4.78, 5) is 26.3. The third-order valence-corrected chi connectivity index (χ3v) is 8.75. The van der Waals surface area contributed by atoms with Crippen LogP contribution in [0, 0.1) is 13.8 Å². The number of hydrogen-bond donors (Lipinski definition) is 0. The first kappa shape index (κ1) is 27.9. The minimum absolute atomic E-state index is 0.000797. The van der Waals surface area contributed by atoms with Gasteiger partial charge in [-0.2, -0.15) is 0 Å². The molecule has 2 heterocycles. The summed E-state index contributed by atoms with van der Waals surface area (Å²) >= 11 is 0. The van der Waals surface area contributed by atoms with Crippen LogP contribution < -0.4 is 9.47 Å². The van der Waals surface area contributed by atoms with E-state index in [2.05, 4.69) is 65.5 Å². The molecule has 1 aromatic heterocycles. The molecule has 2 aliphatic rings. The summed E-state index contributed by atoms with van der Waals surface area (Å²) in [6.07, 6.45) is 2.06. The van der Waals surface area contributed by atoms with E-state index in [1.807, 2.05) is 20.0 Å². The number of hydrogen-bond acceptors (Lipinski definition) is 8. The molecular weight excluding hydrogens is 532 g/mol. The fraction of sp³-hybridized carbons (Fsp3) is 0.394. The van der Waals surface area contributed by atoms with Gasteiger partial charge in [-0.1, -0.05) is 41.1 Å². The molecule has 0 saturated carbocycles. The Bertz CT molecular complexity index is 1680. The lowest BCUT2D eigenvalue weighted by atomic mass is 9.84. The highest BCUT2D eigenvalue weighted by atomic mass is 16.6. The molecule has 1 aliphatic heterocycles. The summed E-state index contributed by atoms with van der Waals surface area (Å²) in [6.45, 7) is 8.04. The number of aromatic nitrogens is 3. The number of carbonyl (C=O) groups excluding carboxylic acids is 2. The lowest BCUT2D eigenvalue weighted by Gasteiger charge is -2.30. The summed E-state index contributed by atoms with van der Waals surface area (Å²) in [6, 6.07) is 15.1. The van der Waals surface area contributed by atoms with E-state index in [4.69, 9.17) is 14.2 Å². The van der Waals surface area contributed by atoms with Gasteiger partial charge in [-0.25, -0.2) is 4.68 Å². The van der Waals surface area contributed by atoms with Crippen molar-refractivity contribution in [3.8, 4) is 11.5 Å². The SMILES string of the molecule is COc1cc(C(CC(=O)OC=O)c2ccc3c(c2)C(N2Cc4cc(C)ccc4O[C@H](C)C2)CC3)c(C)c2nnn(C)c12. The first-order valence-corrected chi connectivity index (χ1v) is 14.4. The zero-order valence-corrected chi connectivity index (χ0v) is 24.7. The Hall–Kier alpha value is -4.24. The van der Waals surface area contributed by atoms with Gasteiger partial charge in [0.25, 0.3) is 0 Å². The largest absolute Gasteiger partial charge is 0.494 e. The maximum Gasteiger partial charge on any atom is 0.314 e. The van der Waals surface area contributed by atoms with Crippen molar-refractivity contribution in [1.29, 1.82) is 0 Å². The molecule has 2 unspecified atom stereocenters. The fourth-order valence-electron chi connectivity index (χ4n) is 6.78. The maximum absolute atomic E-state index is 12.8. The van der Waals surface area contributed by atoms with Crippen molar-refractivity contribution in [1.82, 2.24) is 19.9 Å². The fourth-order valence-corrected chi connectivity index (χ4v) is 6.78. The second-order valence-electron chi connectivity index (χ2n) is 11.5. The highest BCUT2D eigenvalue weighted by Crippen LogP contribution is 2.43. The van der Waals surface area contributed by atoms with Gasteiger partial charge in [-0.05, 0) is 73.6 Å². The van der Waals surface area contributed by atoms with E-state index < -0.39 is 5.97 Å². The molecule has 9 heteroatoms. The summed E-state index contributed by atoms with van der Waals surface area (Å²) in [5.74, 6) is 0.618. The lowest BCUT2D eigenvalue weighted by Crippen LogP contribution is -2.33. The Balaban J connectivity index is 1.42. The highest BCUT2D eigenvalue weighted by Gasteiger charge is 2.33. The number of rotatable bonds is 7. The lowest BCUT2D eigenvalue weighted by molar-refractivity contribution is -0.151. The molecule has 0 spiro atoms. The quantitative estimate of drug-likeness (QED) is 0.173. The molecule has 9 nitrogen and oxygen atoms in total. The molecule has 0 saturated heterocycles. The summed E-state index contributed by atoms with van der Waals surface area (Å²) in [5.41, 5.74) is 9.29. The van der Waals surface area contributed by atoms with Gasteiger partial charge in [-0.15, -0.1) is 5.10 Å². The number of aryl methyl sites for hydroxylation is 4. The van der Waals surface area contributed by atoms with Crippen LogP contribution in [0.1, 0.15) is 70.7 Å². The first-order chi connectivity index (χ1) is 20.3. The van der Waals surface area contributed by atoms with Crippen molar-refractivity contribution < 1.29 is 23.8 Å².